The molecule has 0 unspecified atom stereocenters. The fourth-order valence-corrected chi connectivity index (χ4v) is 3.84. The van der Waals surface area contributed by atoms with Crippen LogP contribution in [0.4, 0.5) is 0 Å². The number of rotatable bonds is 9. The molecule has 2 atom stereocenters. The smallest absolute Gasteiger partial charge is 0.339 e. The number of para-hydroxylation sites is 1. The third-order valence-electron chi connectivity index (χ3n) is 5.59. The first-order valence-electron chi connectivity index (χ1n) is 10.9. The Bertz CT molecular complexity index is 1100. The van der Waals surface area contributed by atoms with E-state index >= 15 is 0 Å². The lowest BCUT2D eigenvalue weighted by Crippen LogP contribution is -2.39. The van der Waals surface area contributed by atoms with Crippen molar-refractivity contribution in [3.8, 4) is 28.4 Å². The fourth-order valence-electron chi connectivity index (χ4n) is 3.84. The quantitative estimate of drug-likeness (QED) is 0.396. The highest BCUT2D eigenvalue weighted by Gasteiger charge is 2.21. The number of fused-ring (bicyclic) bond motifs is 1. The number of hydrogen-bond donors (Lipinski definition) is 4. The molecule has 1 aliphatic rings. The van der Waals surface area contributed by atoms with Crippen LogP contribution in [0.15, 0.2) is 66.7 Å². The Morgan fingerprint density at radius 2 is 1.85 bits per heavy atom. The van der Waals surface area contributed by atoms with E-state index in [2.05, 4.69) is 5.32 Å². The predicted molar refractivity (Wildman–Crippen MR) is 124 cm³/mol. The molecule has 7 heteroatoms. The summed E-state index contributed by atoms with van der Waals surface area (Å²) < 4.78 is 11.7. The standard InChI is InChI=1S/C26H27NO6/c28-20(16-32-21-4-2-1-3-5-21)14-27-15-22-9-6-19-12-17(8-11-25(19)33-22)18-7-10-23(26(30)31)24(29)13-18/h1-5,7-8,10-13,20,22,27-29H,6,9,14-16H2,(H,30,31)/t20-,22-/m0/s1. The number of carboxylic acid groups (broad SMARTS) is 1. The van der Waals surface area contributed by atoms with Crippen molar-refractivity contribution in [2.75, 3.05) is 19.7 Å². The average Bonchev–Trinajstić information content (AvgIpc) is 2.82. The summed E-state index contributed by atoms with van der Waals surface area (Å²) in [6.07, 6.45) is 1.06. The molecule has 0 fully saturated rings. The van der Waals surface area contributed by atoms with E-state index in [4.69, 9.17) is 14.6 Å². The largest absolute Gasteiger partial charge is 0.507 e. The van der Waals surface area contributed by atoms with E-state index in [9.17, 15) is 15.0 Å². The summed E-state index contributed by atoms with van der Waals surface area (Å²) in [4.78, 5) is 11.1. The Hall–Kier alpha value is -3.55. The fraction of sp³-hybridized carbons (Fsp3) is 0.269. The molecule has 1 aliphatic heterocycles. The van der Waals surface area contributed by atoms with Crippen LogP contribution >= 0.6 is 0 Å². The van der Waals surface area contributed by atoms with E-state index in [0.717, 1.165) is 41.0 Å². The molecule has 4 rings (SSSR count). The molecule has 3 aromatic carbocycles. The molecule has 172 valence electrons. The lowest BCUT2D eigenvalue weighted by atomic mass is 9.96. The molecule has 0 radical (unpaired) electrons. The monoisotopic (exact) mass is 449 g/mol. The maximum absolute atomic E-state index is 11.1. The summed E-state index contributed by atoms with van der Waals surface area (Å²) in [5, 5.41) is 32.4. The van der Waals surface area contributed by atoms with Crippen LogP contribution in [0, 0.1) is 0 Å². The number of phenols is 1. The number of carboxylic acids is 1. The van der Waals surface area contributed by atoms with Crippen LogP contribution < -0.4 is 14.8 Å². The number of aliphatic hydroxyl groups excluding tert-OH is 1. The van der Waals surface area contributed by atoms with Crippen LogP contribution in [-0.4, -0.2) is 53.2 Å². The van der Waals surface area contributed by atoms with Crippen LogP contribution in [0.1, 0.15) is 22.3 Å². The number of aryl methyl sites for hydroxylation is 1. The van der Waals surface area contributed by atoms with Gasteiger partial charge in [0, 0.05) is 13.1 Å². The van der Waals surface area contributed by atoms with Crippen LogP contribution in [-0.2, 0) is 6.42 Å². The Balaban J connectivity index is 1.28. The maximum Gasteiger partial charge on any atom is 0.339 e. The molecule has 33 heavy (non-hydrogen) atoms. The van der Waals surface area contributed by atoms with Crippen LogP contribution in [0.3, 0.4) is 0 Å². The molecule has 7 nitrogen and oxygen atoms in total. The molecule has 4 N–H and O–H groups in total. The summed E-state index contributed by atoms with van der Waals surface area (Å²) >= 11 is 0. The highest BCUT2D eigenvalue weighted by molar-refractivity contribution is 5.91. The topological polar surface area (TPSA) is 108 Å². The van der Waals surface area contributed by atoms with Crippen molar-refractivity contribution < 1.29 is 29.6 Å². The van der Waals surface area contributed by atoms with E-state index in [1.54, 1.807) is 6.07 Å². The highest BCUT2D eigenvalue weighted by Crippen LogP contribution is 2.33. The predicted octanol–water partition coefficient (Wildman–Crippen LogP) is 3.48. The van der Waals surface area contributed by atoms with Crippen molar-refractivity contribution in [3.63, 3.8) is 0 Å². The number of aromatic carboxylic acids is 1. The van der Waals surface area contributed by atoms with E-state index in [1.807, 2.05) is 48.5 Å². The van der Waals surface area contributed by atoms with Crippen molar-refractivity contribution in [1.29, 1.82) is 0 Å². The summed E-state index contributed by atoms with van der Waals surface area (Å²) in [5.41, 5.74) is 2.59. The Labute approximate surface area is 192 Å². The van der Waals surface area contributed by atoms with Crippen LogP contribution in [0.5, 0.6) is 17.2 Å². The molecular formula is C26H27NO6. The number of aliphatic hydroxyl groups is 1. The molecule has 0 saturated heterocycles. The van der Waals surface area contributed by atoms with Gasteiger partial charge in [0.05, 0.1) is 0 Å². The lowest BCUT2D eigenvalue weighted by molar-refractivity contribution is 0.0693. The Kier molecular flexibility index (Phi) is 7.12. The van der Waals surface area contributed by atoms with E-state index in [0.29, 0.717) is 13.1 Å². The van der Waals surface area contributed by atoms with Gasteiger partial charge in [0.2, 0.25) is 0 Å². The molecule has 0 aliphatic carbocycles. The van der Waals surface area contributed by atoms with Gasteiger partial charge < -0.3 is 30.1 Å². The lowest BCUT2D eigenvalue weighted by Gasteiger charge is -2.27. The van der Waals surface area contributed by atoms with Gasteiger partial charge in [0.15, 0.2) is 0 Å². The number of hydrogen-bond acceptors (Lipinski definition) is 6. The van der Waals surface area contributed by atoms with Crippen molar-refractivity contribution in [1.82, 2.24) is 5.32 Å². The number of carbonyl (C=O) groups is 1. The second-order valence-electron chi connectivity index (χ2n) is 8.07. The van der Waals surface area contributed by atoms with E-state index < -0.39 is 12.1 Å². The Morgan fingerprint density at radius 3 is 2.61 bits per heavy atom. The first-order chi connectivity index (χ1) is 16.0. The highest BCUT2D eigenvalue weighted by atomic mass is 16.5. The molecule has 3 aromatic rings. The SMILES string of the molecule is O=C(O)c1ccc(-c2ccc3c(c2)CC[C@@H](CNC[C@H](O)COc2ccccc2)O3)cc1O. The van der Waals surface area contributed by atoms with Crippen molar-refractivity contribution in [2.45, 2.75) is 25.0 Å². The second-order valence-corrected chi connectivity index (χ2v) is 8.07. The first kappa shape index (κ1) is 22.6. The summed E-state index contributed by atoms with van der Waals surface area (Å²) in [6, 6.07) is 19.8. The molecule has 1 heterocycles. The minimum Gasteiger partial charge on any atom is -0.507 e. The average molecular weight is 450 g/mol. The first-order valence-corrected chi connectivity index (χ1v) is 10.9. The van der Waals surface area contributed by atoms with Gasteiger partial charge in [-0.05, 0) is 65.9 Å². The summed E-state index contributed by atoms with van der Waals surface area (Å²) in [5.74, 6) is 0.137. The third-order valence-corrected chi connectivity index (χ3v) is 5.59. The van der Waals surface area contributed by atoms with Crippen LogP contribution in [0.2, 0.25) is 0 Å². The molecule has 0 bridgehead atoms. The van der Waals surface area contributed by atoms with Gasteiger partial charge in [-0.15, -0.1) is 0 Å². The molecular weight excluding hydrogens is 422 g/mol. The third kappa shape index (κ3) is 5.83. The number of aromatic hydroxyl groups is 1. The van der Waals surface area contributed by atoms with Crippen molar-refractivity contribution >= 4 is 5.97 Å². The summed E-state index contributed by atoms with van der Waals surface area (Å²) in [7, 11) is 0. The molecule has 0 spiro atoms. The minimum absolute atomic E-state index is 0.00415. The minimum atomic E-state index is -1.16. The number of ether oxygens (including phenoxy) is 2. The molecule has 0 aromatic heterocycles. The van der Waals surface area contributed by atoms with Gasteiger partial charge >= 0.3 is 5.97 Å². The number of benzene rings is 3. The zero-order chi connectivity index (χ0) is 23.2. The molecule has 0 amide bonds. The van der Waals surface area contributed by atoms with E-state index in [-0.39, 0.29) is 24.0 Å². The number of nitrogens with one attached hydrogen (secondary N) is 1. The zero-order valence-corrected chi connectivity index (χ0v) is 18.1. The maximum atomic E-state index is 11.1. The van der Waals surface area contributed by atoms with Gasteiger partial charge in [0.25, 0.3) is 0 Å². The second kappa shape index (κ2) is 10.4. The van der Waals surface area contributed by atoms with Gasteiger partial charge in [-0.1, -0.05) is 30.3 Å². The van der Waals surface area contributed by atoms with Gasteiger partial charge in [-0.2, -0.15) is 0 Å². The van der Waals surface area contributed by atoms with Crippen molar-refractivity contribution in [3.05, 3.63) is 77.9 Å². The van der Waals surface area contributed by atoms with Gasteiger partial charge in [-0.3, -0.25) is 0 Å². The van der Waals surface area contributed by atoms with Gasteiger partial charge in [0.1, 0.15) is 41.6 Å². The van der Waals surface area contributed by atoms with Gasteiger partial charge in [-0.25, -0.2) is 4.79 Å². The normalized spacial score (nSPS) is 15.8. The zero-order valence-electron chi connectivity index (χ0n) is 18.1. The summed E-state index contributed by atoms with van der Waals surface area (Å²) in [6.45, 7) is 1.25. The van der Waals surface area contributed by atoms with Crippen LogP contribution in [0.25, 0.3) is 11.1 Å². The Morgan fingerprint density at radius 1 is 1.09 bits per heavy atom. The molecule has 0 saturated carbocycles. The van der Waals surface area contributed by atoms with Crippen molar-refractivity contribution in [2.24, 2.45) is 0 Å². The van der Waals surface area contributed by atoms with E-state index in [1.165, 1.54) is 12.1 Å².